The minimum absolute atomic E-state index is 1.25. The summed E-state index contributed by atoms with van der Waals surface area (Å²) in [5.41, 5.74) is 3.00. The van der Waals surface area contributed by atoms with E-state index in [2.05, 4.69) is 25.8 Å². The molecular weight excluding hydrogens is 98.1 g/mol. The Bertz CT molecular complexity index is 120. The second kappa shape index (κ2) is 1.81. The fraction of sp³-hybridized carbons (Fsp3) is 0.714. The molecule has 0 spiro atoms. The van der Waals surface area contributed by atoms with Crippen molar-refractivity contribution < 1.29 is 0 Å². The molecule has 0 N–H and O–H groups in total. The molecule has 0 radical (unpaired) electrons. The zero-order chi connectivity index (χ0) is 6.15. The van der Waals surface area contributed by atoms with Crippen molar-refractivity contribution in [3.8, 4) is 0 Å². The van der Waals surface area contributed by atoms with Crippen LogP contribution in [0.2, 0.25) is 0 Å². The van der Waals surface area contributed by atoms with Gasteiger partial charge in [0.15, 0.2) is 0 Å². The van der Waals surface area contributed by atoms with Crippen LogP contribution in [0.25, 0.3) is 0 Å². The largest absolute Gasteiger partial charge is 0.377 e. The molecule has 0 saturated carbocycles. The summed E-state index contributed by atoms with van der Waals surface area (Å²) in [7, 11) is 2.14. The summed E-state index contributed by atoms with van der Waals surface area (Å²) in [6, 6.07) is 0. The lowest BCUT2D eigenvalue weighted by atomic mass is 10.1. The van der Waals surface area contributed by atoms with Crippen LogP contribution in [0, 0.1) is 0 Å². The van der Waals surface area contributed by atoms with Gasteiger partial charge in [-0.15, -0.1) is 0 Å². The van der Waals surface area contributed by atoms with Crippen molar-refractivity contribution in [2.24, 2.45) is 0 Å². The minimum Gasteiger partial charge on any atom is -0.377 e. The van der Waals surface area contributed by atoms with E-state index in [1.54, 1.807) is 0 Å². The minimum atomic E-state index is 1.25. The van der Waals surface area contributed by atoms with E-state index in [9.17, 15) is 0 Å². The highest BCUT2D eigenvalue weighted by atomic mass is 15.2. The van der Waals surface area contributed by atoms with E-state index < -0.39 is 0 Å². The van der Waals surface area contributed by atoms with Crippen molar-refractivity contribution >= 4 is 0 Å². The molecule has 1 nitrogen and oxygen atoms in total. The Morgan fingerprint density at radius 1 is 1.50 bits per heavy atom. The molecule has 1 heterocycles. The van der Waals surface area contributed by atoms with Crippen molar-refractivity contribution in [2.75, 3.05) is 13.6 Å². The van der Waals surface area contributed by atoms with Gasteiger partial charge < -0.3 is 4.90 Å². The van der Waals surface area contributed by atoms with Crippen molar-refractivity contribution in [3.05, 3.63) is 11.3 Å². The molecule has 0 aromatic carbocycles. The first-order chi connectivity index (χ1) is 3.72. The molecule has 0 amide bonds. The van der Waals surface area contributed by atoms with Crippen LogP contribution < -0.4 is 0 Å². The highest BCUT2D eigenvalue weighted by Crippen LogP contribution is 2.21. The van der Waals surface area contributed by atoms with Crippen molar-refractivity contribution in [3.63, 3.8) is 0 Å². The van der Waals surface area contributed by atoms with Crippen molar-refractivity contribution in [1.29, 1.82) is 0 Å². The van der Waals surface area contributed by atoms with Crippen LogP contribution in [0.3, 0.4) is 0 Å². The molecule has 1 saturated heterocycles. The number of hydrogen-bond acceptors (Lipinski definition) is 1. The van der Waals surface area contributed by atoms with Crippen LogP contribution in [0.1, 0.15) is 20.3 Å². The maximum Gasteiger partial charge on any atom is 0.0226 e. The second-order valence-electron chi connectivity index (χ2n) is 2.62. The molecule has 0 aliphatic carbocycles. The van der Waals surface area contributed by atoms with E-state index in [-0.39, 0.29) is 0 Å². The molecule has 0 atom stereocenters. The summed E-state index contributed by atoms with van der Waals surface area (Å²) in [5.74, 6) is 0. The molecule has 0 aromatic heterocycles. The van der Waals surface area contributed by atoms with Crippen LogP contribution in [-0.2, 0) is 0 Å². The van der Waals surface area contributed by atoms with Crippen LogP contribution in [-0.4, -0.2) is 18.5 Å². The van der Waals surface area contributed by atoms with E-state index >= 15 is 0 Å². The zero-order valence-corrected chi connectivity index (χ0v) is 5.86. The van der Waals surface area contributed by atoms with Gasteiger partial charge in [-0.3, -0.25) is 0 Å². The third-order valence-electron chi connectivity index (χ3n) is 1.72. The zero-order valence-electron chi connectivity index (χ0n) is 5.86. The third kappa shape index (κ3) is 0.726. The SMILES string of the molecule is CC(C)=C1CCN1C. The fourth-order valence-electron chi connectivity index (χ4n) is 1.08. The summed E-state index contributed by atoms with van der Waals surface area (Å²) >= 11 is 0. The van der Waals surface area contributed by atoms with Crippen LogP contribution in [0.5, 0.6) is 0 Å². The molecule has 0 unspecified atom stereocenters. The molecule has 1 fully saturated rings. The average Bonchev–Trinajstić information content (AvgIpc) is 1.61. The number of likely N-dealkylation sites (tertiary alicyclic amines) is 1. The summed E-state index contributed by atoms with van der Waals surface area (Å²) in [6.45, 7) is 5.59. The first-order valence-corrected chi connectivity index (χ1v) is 3.09. The van der Waals surface area contributed by atoms with Crippen LogP contribution in [0.15, 0.2) is 11.3 Å². The fourth-order valence-corrected chi connectivity index (χ4v) is 1.08. The van der Waals surface area contributed by atoms with Crippen LogP contribution >= 0.6 is 0 Å². The van der Waals surface area contributed by atoms with E-state index in [4.69, 9.17) is 0 Å². The lowest BCUT2D eigenvalue weighted by Crippen LogP contribution is -2.31. The van der Waals surface area contributed by atoms with Gasteiger partial charge in [-0.05, 0) is 13.8 Å². The van der Waals surface area contributed by atoms with Gasteiger partial charge in [0.1, 0.15) is 0 Å². The van der Waals surface area contributed by atoms with Gasteiger partial charge in [-0.1, -0.05) is 5.57 Å². The first kappa shape index (κ1) is 5.67. The molecule has 8 heavy (non-hydrogen) atoms. The van der Waals surface area contributed by atoms with Gasteiger partial charge in [0.05, 0.1) is 0 Å². The lowest BCUT2D eigenvalue weighted by molar-refractivity contribution is 0.308. The first-order valence-electron chi connectivity index (χ1n) is 3.09. The van der Waals surface area contributed by atoms with E-state index in [1.165, 1.54) is 24.2 Å². The van der Waals surface area contributed by atoms with Gasteiger partial charge in [0.25, 0.3) is 0 Å². The monoisotopic (exact) mass is 111 g/mol. The Hall–Kier alpha value is -0.460. The lowest BCUT2D eigenvalue weighted by Gasteiger charge is -2.33. The van der Waals surface area contributed by atoms with Crippen LogP contribution in [0.4, 0.5) is 0 Å². The Kier molecular flexibility index (Phi) is 1.28. The Labute approximate surface area is 51.0 Å². The summed E-state index contributed by atoms with van der Waals surface area (Å²) in [4.78, 5) is 2.30. The van der Waals surface area contributed by atoms with E-state index in [1.807, 2.05) is 0 Å². The average molecular weight is 111 g/mol. The third-order valence-corrected chi connectivity index (χ3v) is 1.72. The van der Waals surface area contributed by atoms with Gasteiger partial charge in [-0.25, -0.2) is 0 Å². The molecule has 0 aromatic rings. The molecule has 46 valence electrons. The summed E-state index contributed by atoms with van der Waals surface area (Å²) in [5, 5.41) is 0. The highest BCUT2D eigenvalue weighted by Gasteiger charge is 2.15. The topological polar surface area (TPSA) is 3.24 Å². The Balaban J connectivity index is 2.60. The maximum atomic E-state index is 2.30. The quantitative estimate of drug-likeness (QED) is 0.459. The molecular formula is C7H13N. The molecule has 1 rings (SSSR count). The van der Waals surface area contributed by atoms with Crippen molar-refractivity contribution in [1.82, 2.24) is 4.90 Å². The summed E-state index contributed by atoms with van der Waals surface area (Å²) < 4.78 is 0. The Morgan fingerprint density at radius 2 is 2.12 bits per heavy atom. The van der Waals surface area contributed by atoms with Gasteiger partial charge in [0, 0.05) is 25.7 Å². The summed E-state index contributed by atoms with van der Waals surface area (Å²) in [6.07, 6.45) is 1.29. The van der Waals surface area contributed by atoms with Gasteiger partial charge >= 0.3 is 0 Å². The van der Waals surface area contributed by atoms with E-state index in [0.29, 0.717) is 0 Å². The molecule has 1 aliphatic rings. The second-order valence-corrected chi connectivity index (χ2v) is 2.62. The molecule has 1 heteroatoms. The number of rotatable bonds is 0. The normalized spacial score (nSPS) is 18.4. The van der Waals surface area contributed by atoms with E-state index in [0.717, 1.165) is 0 Å². The molecule has 1 aliphatic heterocycles. The Morgan fingerprint density at radius 3 is 2.12 bits per heavy atom. The number of allylic oxidation sites excluding steroid dienone is 1. The maximum absolute atomic E-state index is 2.30. The molecule has 0 bridgehead atoms. The van der Waals surface area contributed by atoms with Gasteiger partial charge in [0.2, 0.25) is 0 Å². The number of nitrogens with zero attached hydrogens (tertiary/aromatic N) is 1. The standard InChI is InChI=1S/C7H13N/c1-6(2)7-4-5-8(7)3/h4-5H2,1-3H3. The predicted molar refractivity (Wildman–Crippen MR) is 35.6 cm³/mol. The number of hydrogen-bond donors (Lipinski definition) is 0. The smallest absolute Gasteiger partial charge is 0.0226 e. The predicted octanol–water partition coefficient (Wildman–Crippen LogP) is 1.62. The van der Waals surface area contributed by atoms with Gasteiger partial charge in [-0.2, -0.15) is 0 Å². The highest BCUT2D eigenvalue weighted by molar-refractivity contribution is 5.14. The van der Waals surface area contributed by atoms with Crippen molar-refractivity contribution in [2.45, 2.75) is 20.3 Å².